The van der Waals surface area contributed by atoms with Gasteiger partial charge in [0.05, 0.1) is 7.11 Å². The average molecular weight is 219 g/mol. The van der Waals surface area contributed by atoms with Gasteiger partial charge in [-0.3, -0.25) is 4.79 Å². The van der Waals surface area contributed by atoms with Gasteiger partial charge in [0.15, 0.2) is 0 Å². The highest BCUT2D eigenvalue weighted by Crippen LogP contribution is 2.07. The summed E-state index contributed by atoms with van der Waals surface area (Å²) in [5.74, 6) is -0.397. The Morgan fingerprint density at radius 2 is 2.44 bits per heavy atom. The maximum atomic E-state index is 11.2. The quantitative estimate of drug-likeness (QED) is 0.757. The number of fused-ring (bicyclic) bond motifs is 1. The topological polar surface area (TPSA) is 69.6 Å². The van der Waals surface area contributed by atoms with Crippen molar-refractivity contribution < 1.29 is 9.53 Å². The first kappa shape index (κ1) is 10.6. The lowest BCUT2D eigenvalue weighted by Crippen LogP contribution is -2.33. The van der Waals surface area contributed by atoms with Crippen LogP contribution in [-0.4, -0.2) is 28.5 Å². The molecule has 0 aliphatic carbocycles. The largest absolute Gasteiger partial charge is 0.468 e. The summed E-state index contributed by atoms with van der Waals surface area (Å²) in [6, 6.07) is 3.18. The maximum Gasteiger partial charge on any atom is 0.322 e. The smallest absolute Gasteiger partial charge is 0.322 e. The number of ether oxygens (including phenoxy) is 1. The normalized spacial score (nSPS) is 12.6. The van der Waals surface area contributed by atoms with Crippen LogP contribution in [0.5, 0.6) is 0 Å². The highest BCUT2D eigenvalue weighted by Gasteiger charge is 2.14. The van der Waals surface area contributed by atoms with Gasteiger partial charge in [-0.05, 0) is 18.1 Å². The van der Waals surface area contributed by atoms with E-state index in [-0.39, 0.29) is 0 Å². The van der Waals surface area contributed by atoms with Gasteiger partial charge in [0.2, 0.25) is 0 Å². The van der Waals surface area contributed by atoms with Crippen LogP contribution in [0.25, 0.3) is 5.65 Å². The molecule has 2 rings (SSSR count). The van der Waals surface area contributed by atoms with Crippen LogP contribution in [-0.2, 0) is 16.0 Å². The first-order valence-corrected chi connectivity index (χ1v) is 4.95. The zero-order chi connectivity index (χ0) is 11.5. The Morgan fingerprint density at radius 1 is 1.62 bits per heavy atom. The van der Waals surface area contributed by atoms with Crippen molar-refractivity contribution >= 4 is 11.6 Å². The van der Waals surface area contributed by atoms with Crippen molar-refractivity contribution in [3.63, 3.8) is 0 Å². The highest BCUT2D eigenvalue weighted by atomic mass is 16.5. The molecule has 1 atom stereocenters. The summed E-state index contributed by atoms with van der Waals surface area (Å²) < 4.78 is 6.46. The van der Waals surface area contributed by atoms with Crippen LogP contribution in [0.3, 0.4) is 0 Å². The lowest BCUT2D eigenvalue weighted by atomic mass is 10.1. The Kier molecular flexibility index (Phi) is 2.87. The minimum absolute atomic E-state index is 0.397. The van der Waals surface area contributed by atoms with E-state index in [0.29, 0.717) is 6.42 Å². The number of rotatable bonds is 3. The molecule has 1 unspecified atom stereocenters. The minimum Gasteiger partial charge on any atom is -0.468 e. The predicted octanol–water partition coefficient (Wildman–Crippen LogP) is 0.377. The van der Waals surface area contributed by atoms with Crippen LogP contribution in [0.1, 0.15) is 5.56 Å². The molecule has 0 bridgehead atoms. The van der Waals surface area contributed by atoms with Crippen LogP contribution >= 0.6 is 0 Å². The van der Waals surface area contributed by atoms with E-state index < -0.39 is 12.0 Å². The second kappa shape index (κ2) is 4.32. The number of hydrogen-bond donors (Lipinski definition) is 1. The number of nitrogens with zero attached hydrogens (tertiary/aromatic N) is 2. The Labute approximate surface area is 92.8 Å². The number of pyridine rings is 1. The molecule has 0 aliphatic rings. The fourth-order valence-electron chi connectivity index (χ4n) is 1.58. The minimum atomic E-state index is -0.619. The van der Waals surface area contributed by atoms with E-state index in [0.717, 1.165) is 11.2 Å². The monoisotopic (exact) mass is 219 g/mol. The number of nitrogens with two attached hydrogens (primary N) is 1. The lowest BCUT2D eigenvalue weighted by molar-refractivity contribution is -0.142. The molecule has 0 spiro atoms. The molecular weight excluding hydrogens is 206 g/mol. The molecule has 2 N–H and O–H groups in total. The standard InChI is InChI=1S/C11H13N3O2/c1-16-11(15)9(12)6-8-2-3-10-13-4-5-14(10)7-8/h2-5,7,9H,6,12H2,1H3. The third kappa shape index (κ3) is 2.04. The Morgan fingerprint density at radius 3 is 3.19 bits per heavy atom. The number of carbonyl (C=O) groups excluding carboxylic acids is 1. The Hall–Kier alpha value is -1.88. The number of carbonyl (C=O) groups is 1. The van der Waals surface area contributed by atoms with Crippen molar-refractivity contribution in [3.8, 4) is 0 Å². The van der Waals surface area contributed by atoms with Crippen molar-refractivity contribution in [1.29, 1.82) is 0 Å². The van der Waals surface area contributed by atoms with Gasteiger partial charge in [-0.1, -0.05) is 6.07 Å². The Bertz CT molecular complexity index is 507. The Balaban J connectivity index is 2.17. The lowest BCUT2D eigenvalue weighted by Gasteiger charge is -2.09. The van der Waals surface area contributed by atoms with Gasteiger partial charge in [-0.2, -0.15) is 0 Å². The first-order chi connectivity index (χ1) is 7.70. The molecule has 2 heterocycles. The number of aromatic nitrogens is 2. The van der Waals surface area contributed by atoms with Gasteiger partial charge in [0.1, 0.15) is 11.7 Å². The van der Waals surface area contributed by atoms with E-state index in [2.05, 4.69) is 9.72 Å². The van der Waals surface area contributed by atoms with Crippen LogP contribution in [0.2, 0.25) is 0 Å². The molecule has 0 aromatic carbocycles. The van der Waals surface area contributed by atoms with Crippen LogP contribution in [0.15, 0.2) is 30.7 Å². The van der Waals surface area contributed by atoms with Gasteiger partial charge in [-0.15, -0.1) is 0 Å². The van der Waals surface area contributed by atoms with Gasteiger partial charge >= 0.3 is 5.97 Å². The third-order valence-corrected chi connectivity index (χ3v) is 2.41. The molecule has 0 aliphatic heterocycles. The van der Waals surface area contributed by atoms with Gasteiger partial charge in [0.25, 0.3) is 0 Å². The summed E-state index contributed by atoms with van der Waals surface area (Å²) >= 11 is 0. The van der Waals surface area contributed by atoms with E-state index in [4.69, 9.17) is 5.73 Å². The zero-order valence-electron chi connectivity index (χ0n) is 8.96. The van der Waals surface area contributed by atoms with Crippen molar-refractivity contribution in [2.24, 2.45) is 5.73 Å². The second-order valence-electron chi connectivity index (χ2n) is 3.56. The fraction of sp³-hybridized carbons (Fsp3) is 0.273. The van der Waals surface area contributed by atoms with Crippen LogP contribution < -0.4 is 5.73 Å². The fourth-order valence-corrected chi connectivity index (χ4v) is 1.58. The summed E-state index contributed by atoms with van der Waals surface area (Å²) in [6.07, 6.45) is 5.94. The molecule has 0 amide bonds. The van der Waals surface area contributed by atoms with Crippen molar-refractivity contribution in [1.82, 2.24) is 9.38 Å². The van der Waals surface area contributed by atoms with E-state index in [1.807, 2.05) is 28.9 Å². The molecule has 0 fully saturated rings. The first-order valence-electron chi connectivity index (χ1n) is 4.95. The molecule has 84 valence electrons. The molecule has 0 radical (unpaired) electrons. The molecule has 2 aromatic rings. The number of imidazole rings is 1. The van der Waals surface area contributed by atoms with E-state index in [1.54, 1.807) is 6.20 Å². The van der Waals surface area contributed by atoms with Crippen molar-refractivity contribution in [3.05, 3.63) is 36.3 Å². The number of methoxy groups -OCH3 is 1. The maximum absolute atomic E-state index is 11.2. The van der Waals surface area contributed by atoms with Gasteiger partial charge < -0.3 is 14.9 Å². The average Bonchev–Trinajstić information content (AvgIpc) is 2.75. The summed E-state index contributed by atoms with van der Waals surface area (Å²) in [4.78, 5) is 15.3. The highest BCUT2D eigenvalue weighted by molar-refractivity contribution is 5.75. The summed E-state index contributed by atoms with van der Waals surface area (Å²) in [5, 5.41) is 0. The van der Waals surface area contributed by atoms with Crippen LogP contribution in [0, 0.1) is 0 Å². The van der Waals surface area contributed by atoms with E-state index in [1.165, 1.54) is 7.11 Å². The molecule has 16 heavy (non-hydrogen) atoms. The molecule has 0 saturated heterocycles. The van der Waals surface area contributed by atoms with E-state index in [9.17, 15) is 4.79 Å². The van der Waals surface area contributed by atoms with Crippen molar-refractivity contribution in [2.75, 3.05) is 7.11 Å². The second-order valence-corrected chi connectivity index (χ2v) is 3.56. The number of hydrogen-bond acceptors (Lipinski definition) is 4. The van der Waals surface area contributed by atoms with Crippen molar-refractivity contribution in [2.45, 2.75) is 12.5 Å². The zero-order valence-corrected chi connectivity index (χ0v) is 8.96. The SMILES string of the molecule is COC(=O)C(N)Cc1ccc2nccn2c1. The molecule has 5 nitrogen and oxygen atoms in total. The van der Waals surface area contributed by atoms with Gasteiger partial charge in [0, 0.05) is 18.6 Å². The summed E-state index contributed by atoms with van der Waals surface area (Å²) in [6.45, 7) is 0. The van der Waals surface area contributed by atoms with E-state index >= 15 is 0 Å². The predicted molar refractivity (Wildman–Crippen MR) is 58.9 cm³/mol. The van der Waals surface area contributed by atoms with Crippen LogP contribution in [0.4, 0.5) is 0 Å². The summed E-state index contributed by atoms with van der Waals surface area (Å²) in [5.41, 5.74) is 7.53. The number of esters is 1. The molecular formula is C11H13N3O2. The summed E-state index contributed by atoms with van der Waals surface area (Å²) in [7, 11) is 1.33. The molecule has 2 aromatic heterocycles. The molecule has 5 heteroatoms. The third-order valence-electron chi connectivity index (χ3n) is 2.41. The molecule has 0 saturated carbocycles. The van der Waals surface area contributed by atoms with Gasteiger partial charge in [-0.25, -0.2) is 4.98 Å².